The maximum Gasteiger partial charge on any atom is 0.341 e. The molecule has 9 heteroatoms. The van der Waals surface area contributed by atoms with Crippen molar-refractivity contribution >= 4 is 23.3 Å². The zero-order valence-corrected chi connectivity index (χ0v) is 14.0. The third kappa shape index (κ3) is 4.02. The van der Waals surface area contributed by atoms with E-state index in [1.165, 1.54) is 19.1 Å². The fourth-order valence-electron chi connectivity index (χ4n) is 2.39. The Kier molecular flexibility index (Phi) is 5.02. The molecule has 1 aliphatic rings. The predicted molar refractivity (Wildman–Crippen MR) is 87.8 cm³/mol. The van der Waals surface area contributed by atoms with Crippen molar-refractivity contribution in [3.8, 4) is 11.5 Å². The van der Waals surface area contributed by atoms with Gasteiger partial charge in [-0.1, -0.05) is 0 Å². The van der Waals surface area contributed by atoms with Gasteiger partial charge in [0.15, 0.2) is 23.9 Å². The van der Waals surface area contributed by atoms with Crippen molar-refractivity contribution in [2.45, 2.75) is 6.92 Å². The highest BCUT2D eigenvalue weighted by atomic mass is 19.1. The van der Waals surface area contributed by atoms with E-state index in [0.717, 1.165) is 12.1 Å². The summed E-state index contributed by atoms with van der Waals surface area (Å²) in [6.07, 6.45) is 0. The van der Waals surface area contributed by atoms with E-state index in [9.17, 15) is 23.2 Å². The van der Waals surface area contributed by atoms with Crippen LogP contribution in [0, 0.1) is 11.6 Å². The first-order valence-electron chi connectivity index (χ1n) is 7.72. The summed E-state index contributed by atoms with van der Waals surface area (Å²) in [4.78, 5) is 35.6. The lowest BCUT2D eigenvalue weighted by Gasteiger charge is -2.11. The van der Waals surface area contributed by atoms with Gasteiger partial charge in [-0.15, -0.1) is 0 Å². The number of benzene rings is 2. The minimum absolute atomic E-state index is 0.00900. The fourth-order valence-corrected chi connectivity index (χ4v) is 2.39. The van der Waals surface area contributed by atoms with Gasteiger partial charge in [0.1, 0.15) is 11.6 Å². The normalized spacial score (nSPS) is 11.8. The van der Waals surface area contributed by atoms with E-state index in [-0.39, 0.29) is 23.8 Å². The Bertz CT molecular complexity index is 944. The molecule has 1 aliphatic heterocycles. The summed E-state index contributed by atoms with van der Waals surface area (Å²) in [5.41, 5.74) is -0.166. The molecule has 0 saturated heterocycles. The third-order valence-corrected chi connectivity index (χ3v) is 3.65. The van der Waals surface area contributed by atoms with Gasteiger partial charge in [-0.3, -0.25) is 9.59 Å². The molecule has 0 atom stereocenters. The number of halogens is 2. The number of ketones is 1. The Labute approximate surface area is 151 Å². The molecule has 0 unspecified atom stereocenters. The van der Waals surface area contributed by atoms with E-state index in [0.29, 0.717) is 17.6 Å². The lowest BCUT2D eigenvalue weighted by molar-refractivity contribution is -0.119. The minimum atomic E-state index is -1.12. The van der Waals surface area contributed by atoms with Crippen molar-refractivity contribution in [2.24, 2.45) is 0 Å². The lowest BCUT2D eigenvalue weighted by atomic mass is 10.1. The van der Waals surface area contributed by atoms with Crippen molar-refractivity contribution in [1.82, 2.24) is 0 Å². The fraction of sp³-hybridized carbons (Fsp3) is 0.167. The minimum Gasteiger partial charge on any atom is -0.454 e. The molecule has 0 bridgehead atoms. The molecule has 140 valence electrons. The van der Waals surface area contributed by atoms with E-state index in [1.807, 2.05) is 0 Å². The summed E-state index contributed by atoms with van der Waals surface area (Å²) in [6, 6.07) is 5.18. The first kappa shape index (κ1) is 18.3. The van der Waals surface area contributed by atoms with E-state index < -0.39 is 35.7 Å². The monoisotopic (exact) mass is 377 g/mol. The predicted octanol–water partition coefficient (Wildman–Crippen LogP) is 2.69. The molecule has 0 spiro atoms. The summed E-state index contributed by atoms with van der Waals surface area (Å²) in [6.45, 7) is 0.566. The highest BCUT2D eigenvalue weighted by Gasteiger charge is 2.21. The van der Waals surface area contributed by atoms with Crippen LogP contribution in [0.25, 0.3) is 0 Å². The SMILES string of the molecule is CC(=O)c1cc2c(cc1NC(=O)COC(=O)c1ccc(F)cc1F)OCO2. The van der Waals surface area contributed by atoms with Crippen LogP contribution in [0.4, 0.5) is 14.5 Å². The van der Waals surface area contributed by atoms with Crippen molar-refractivity contribution < 1.29 is 37.4 Å². The highest BCUT2D eigenvalue weighted by molar-refractivity contribution is 6.05. The number of nitrogens with one attached hydrogen (secondary N) is 1. The van der Waals surface area contributed by atoms with E-state index in [4.69, 9.17) is 14.2 Å². The second kappa shape index (κ2) is 7.40. The van der Waals surface area contributed by atoms with Gasteiger partial charge < -0.3 is 19.5 Å². The average Bonchev–Trinajstić information content (AvgIpc) is 3.06. The van der Waals surface area contributed by atoms with Gasteiger partial charge in [0.2, 0.25) is 6.79 Å². The second-order valence-corrected chi connectivity index (χ2v) is 5.56. The van der Waals surface area contributed by atoms with Crippen molar-refractivity contribution in [2.75, 3.05) is 18.7 Å². The topological polar surface area (TPSA) is 90.9 Å². The summed E-state index contributed by atoms with van der Waals surface area (Å²) >= 11 is 0. The maximum atomic E-state index is 13.5. The molecule has 1 heterocycles. The molecule has 3 rings (SSSR count). The van der Waals surface area contributed by atoms with Crippen molar-refractivity contribution in [3.05, 3.63) is 53.1 Å². The second-order valence-electron chi connectivity index (χ2n) is 5.56. The average molecular weight is 377 g/mol. The van der Waals surface area contributed by atoms with Crippen molar-refractivity contribution in [3.63, 3.8) is 0 Å². The number of carbonyl (C=O) groups is 3. The first-order valence-corrected chi connectivity index (χ1v) is 7.72. The van der Waals surface area contributed by atoms with Crippen molar-refractivity contribution in [1.29, 1.82) is 0 Å². The van der Waals surface area contributed by atoms with Gasteiger partial charge in [0.05, 0.1) is 11.3 Å². The van der Waals surface area contributed by atoms with Gasteiger partial charge in [0.25, 0.3) is 5.91 Å². The molecule has 0 fully saturated rings. The number of hydrogen-bond acceptors (Lipinski definition) is 6. The van der Waals surface area contributed by atoms with E-state index >= 15 is 0 Å². The van der Waals surface area contributed by atoms with Crippen LogP contribution in [-0.4, -0.2) is 31.1 Å². The van der Waals surface area contributed by atoms with Crippen LogP contribution < -0.4 is 14.8 Å². The Balaban J connectivity index is 1.67. The number of Topliss-reactive ketones (excluding diaryl/α,β-unsaturated/α-hetero) is 1. The van der Waals surface area contributed by atoms with Crippen LogP contribution >= 0.6 is 0 Å². The molecule has 0 aliphatic carbocycles. The quantitative estimate of drug-likeness (QED) is 0.636. The molecule has 0 aromatic heterocycles. The molecule has 0 radical (unpaired) electrons. The Hall–Kier alpha value is -3.49. The Morgan fingerprint density at radius 2 is 1.78 bits per heavy atom. The molecule has 7 nitrogen and oxygen atoms in total. The smallest absolute Gasteiger partial charge is 0.341 e. The molecular weight excluding hydrogens is 364 g/mol. The summed E-state index contributed by atoms with van der Waals surface area (Å²) in [5.74, 6) is -3.44. The van der Waals surface area contributed by atoms with Crippen LogP contribution in [0.3, 0.4) is 0 Å². The molecule has 1 amide bonds. The molecule has 2 aromatic carbocycles. The first-order chi connectivity index (χ1) is 12.8. The highest BCUT2D eigenvalue weighted by Crippen LogP contribution is 2.37. The van der Waals surface area contributed by atoms with Crippen LogP contribution in [0.1, 0.15) is 27.6 Å². The van der Waals surface area contributed by atoms with Gasteiger partial charge in [-0.2, -0.15) is 0 Å². The molecule has 27 heavy (non-hydrogen) atoms. The summed E-state index contributed by atoms with van der Waals surface area (Å²) in [5, 5.41) is 2.43. The summed E-state index contributed by atoms with van der Waals surface area (Å²) < 4.78 is 41.5. The number of rotatable bonds is 5. The van der Waals surface area contributed by atoms with Gasteiger partial charge >= 0.3 is 5.97 Å². The largest absolute Gasteiger partial charge is 0.454 e. The zero-order chi connectivity index (χ0) is 19.6. The lowest BCUT2D eigenvalue weighted by Crippen LogP contribution is -2.22. The third-order valence-electron chi connectivity index (χ3n) is 3.65. The number of ether oxygens (including phenoxy) is 3. The maximum absolute atomic E-state index is 13.5. The molecule has 1 N–H and O–H groups in total. The standard InChI is InChI=1S/C18H13F2NO6/c1-9(22)12-5-15-16(27-8-26-15)6-14(12)21-17(23)7-25-18(24)11-3-2-10(19)4-13(11)20/h2-6H,7-8H2,1H3,(H,21,23). The van der Waals surface area contributed by atoms with E-state index in [1.54, 1.807) is 0 Å². The zero-order valence-electron chi connectivity index (χ0n) is 14.0. The number of esters is 1. The Morgan fingerprint density at radius 1 is 1.07 bits per heavy atom. The molecular formula is C18H13F2NO6. The molecule has 0 saturated carbocycles. The summed E-state index contributed by atoms with van der Waals surface area (Å²) in [7, 11) is 0. The van der Waals surface area contributed by atoms with Crippen LogP contribution in [-0.2, 0) is 9.53 Å². The molecule has 2 aromatic rings. The van der Waals surface area contributed by atoms with Crippen LogP contribution in [0.15, 0.2) is 30.3 Å². The number of anilines is 1. The van der Waals surface area contributed by atoms with Gasteiger partial charge in [-0.25, -0.2) is 13.6 Å². The van der Waals surface area contributed by atoms with Gasteiger partial charge in [0, 0.05) is 17.7 Å². The number of hydrogen-bond donors (Lipinski definition) is 1. The Morgan fingerprint density at radius 3 is 2.44 bits per heavy atom. The number of amides is 1. The van der Waals surface area contributed by atoms with Gasteiger partial charge in [-0.05, 0) is 25.1 Å². The van der Waals surface area contributed by atoms with E-state index in [2.05, 4.69) is 5.32 Å². The van der Waals surface area contributed by atoms with Crippen LogP contribution in [0.5, 0.6) is 11.5 Å². The number of fused-ring (bicyclic) bond motifs is 1. The number of carbonyl (C=O) groups excluding carboxylic acids is 3. The van der Waals surface area contributed by atoms with Crippen LogP contribution in [0.2, 0.25) is 0 Å².